The summed E-state index contributed by atoms with van der Waals surface area (Å²) in [5, 5.41) is 3.11. The number of rotatable bonds is 4. The van der Waals surface area contributed by atoms with Crippen LogP contribution in [0.3, 0.4) is 0 Å². The molecule has 1 N–H and O–H groups in total. The van der Waals surface area contributed by atoms with Crippen LogP contribution in [0.2, 0.25) is 0 Å². The Hall–Kier alpha value is -1.10. The van der Waals surface area contributed by atoms with Crippen LogP contribution in [0.25, 0.3) is 0 Å². The molecular weight excluding hydrogens is 290 g/mol. The maximum atomic E-state index is 12.7. The number of likely N-dealkylation sites (tertiary alicyclic amines) is 2. The van der Waals surface area contributed by atoms with E-state index in [4.69, 9.17) is 0 Å². The zero-order valence-electron chi connectivity index (χ0n) is 14.6. The highest BCUT2D eigenvalue weighted by atomic mass is 16.2. The molecule has 0 aromatic heterocycles. The normalized spacial score (nSPS) is 30.3. The molecule has 0 bridgehead atoms. The molecule has 1 saturated carbocycles. The van der Waals surface area contributed by atoms with Crippen LogP contribution in [-0.4, -0.2) is 59.4 Å². The quantitative estimate of drug-likeness (QED) is 0.858. The minimum atomic E-state index is 0.148. The highest BCUT2D eigenvalue weighted by Gasteiger charge is 2.33. The Morgan fingerprint density at radius 3 is 2.13 bits per heavy atom. The lowest BCUT2D eigenvalue weighted by Gasteiger charge is -2.41. The minimum Gasteiger partial charge on any atom is -0.353 e. The summed E-state index contributed by atoms with van der Waals surface area (Å²) in [4.78, 5) is 29.1. The second-order valence-corrected chi connectivity index (χ2v) is 7.76. The molecule has 2 heterocycles. The Balaban J connectivity index is 1.44. The first-order valence-corrected chi connectivity index (χ1v) is 9.38. The largest absolute Gasteiger partial charge is 0.353 e. The van der Waals surface area contributed by atoms with Crippen LogP contribution in [0.1, 0.15) is 58.8 Å². The monoisotopic (exact) mass is 321 g/mol. The van der Waals surface area contributed by atoms with E-state index in [0.29, 0.717) is 24.7 Å². The smallest absolute Gasteiger partial charge is 0.237 e. The third-order valence-corrected chi connectivity index (χ3v) is 5.72. The number of amides is 2. The topological polar surface area (TPSA) is 52.7 Å². The molecule has 3 fully saturated rings. The van der Waals surface area contributed by atoms with E-state index in [-0.39, 0.29) is 17.7 Å². The van der Waals surface area contributed by atoms with Crippen molar-refractivity contribution in [3.05, 3.63) is 0 Å². The van der Waals surface area contributed by atoms with Gasteiger partial charge in [-0.3, -0.25) is 14.5 Å². The molecule has 2 saturated heterocycles. The zero-order valence-corrected chi connectivity index (χ0v) is 14.6. The van der Waals surface area contributed by atoms with Crippen molar-refractivity contribution in [2.24, 2.45) is 5.92 Å². The molecule has 2 aliphatic heterocycles. The highest BCUT2D eigenvalue weighted by molar-refractivity contribution is 5.80. The number of carbonyl (C=O) groups is 2. The van der Waals surface area contributed by atoms with E-state index >= 15 is 0 Å². The number of nitrogens with zero attached hydrogens (tertiary/aromatic N) is 2. The van der Waals surface area contributed by atoms with Crippen molar-refractivity contribution in [1.29, 1.82) is 0 Å². The van der Waals surface area contributed by atoms with Gasteiger partial charge in [0.25, 0.3) is 0 Å². The predicted octanol–water partition coefficient (Wildman–Crippen LogP) is 1.77. The van der Waals surface area contributed by atoms with Crippen molar-refractivity contribution in [1.82, 2.24) is 15.1 Å². The molecule has 2 amide bonds. The lowest BCUT2D eigenvalue weighted by Crippen LogP contribution is -2.52. The SMILES string of the molecule is C[C@@H]1CCC[C@@H](C)N1C(=O)CN1CCC(C(=O)NC2CC2)CC1. The first-order valence-electron chi connectivity index (χ1n) is 9.38. The summed E-state index contributed by atoms with van der Waals surface area (Å²) in [6, 6.07) is 1.19. The fraction of sp³-hybridized carbons (Fsp3) is 0.889. The van der Waals surface area contributed by atoms with Crippen molar-refractivity contribution < 1.29 is 9.59 Å². The van der Waals surface area contributed by atoms with Crippen LogP contribution in [0, 0.1) is 5.92 Å². The van der Waals surface area contributed by atoms with Gasteiger partial charge in [0.1, 0.15) is 0 Å². The molecule has 1 aliphatic carbocycles. The van der Waals surface area contributed by atoms with Gasteiger partial charge < -0.3 is 10.2 Å². The van der Waals surface area contributed by atoms with Crippen molar-refractivity contribution in [2.75, 3.05) is 19.6 Å². The third-order valence-electron chi connectivity index (χ3n) is 5.72. The molecular formula is C18H31N3O2. The van der Waals surface area contributed by atoms with Gasteiger partial charge in [-0.05, 0) is 71.9 Å². The van der Waals surface area contributed by atoms with Crippen LogP contribution in [0.5, 0.6) is 0 Å². The van der Waals surface area contributed by atoms with Crippen molar-refractivity contribution in [3.8, 4) is 0 Å². The lowest BCUT2D eigenvalue weighted by molar-refractivity contribution is -0.139. The number of hydrogen-bond acceptors (Lipinski definition) is 3. The van der Waals surface area contributed by atoms with Crippen LogP contribution >= 0.6 is 0 Å². The summed E-state index contributed by atoms with van der Waals surface area (Å²) >= 11 is 0. The molecule has 0 spiro atoms. The molecule has 3 aliphatic rings. The van der Waals surface area contributed by atoms with Crippen LogP contribution < -0.4 is 5.32 Å². The molecule has 5 nitrogen and oxygen atoms in total. The number of hydrogen-bond donors (Lipinski definition) is 1. The highest BCUT2D eigenvalue weighted by Crippen LogP contribution is 2.25. The van der Waals surface area contributed by atoms with Crippen molar-refractivity contribution in [2.45, 2.75) is 76.9 Å². The Morgan fingerprint density at radius 1 is 0.957 bits per heavy atom. The first-order chi connectivity index (χ1) is 11.0. The number of piperidine rings is 2. The summed E-state index contributed by atoms with van der Waals surface area (Å²) in [6.07, 6.45) is 7.54. The zero-order chi connectivity index (χ0) is 16.4. The fourth-order valence-electron chi connectivity index (χ4n) is 4.09. The van der Waals surface area contributed by atoms with E-state index in [1.807, 2.05) is 0 Å². The Bertz CT molecular complexity index is 432. The molecule has 23 heavy (non-hydrogen) atoms. The molecule has 0 radical (unpaired) electrons. The molecule has 130 valence electrons. The summed E-state index contributed by atoms with van der Waals surface area (Å²) in [7, 11) is 0. The van der Waals surface area contributed by atoms with Gasteiger partial charge in [-0.25, -0.2) is 0 Å². The Morgan fingerprint density at radius 2 is 1.57 bits per heavy atom. The molecule has 3 rings (SSSR count). The minimum absolute atomic E-state index is 0.148. The van der Waals surface area contributed by atoms with Crippen LogP contribution in [0.15, 0.2) is 0 Å². The summed E-state index contributed by atoms with van der Waals surface area (Å²) in [5.74, 6) is 0.650. The summed E-state index contributed by atoms with van der Waals surface area (Å²) in [6.45, 7) is 6.59. The summed E-state index contributed by atoms with van der Waals surface area (Å²) in [5.41, 5.74) is 0. The van der Waals surface area contributed by atoms with Gasteiger partial charge >= 0.3 is 0 Å². The van der Waals surface area contributed by atoms with E-state index in [2.05, 4.69) is 29.0 Å². The van der Waals surface area contributed by atoms with Gasteiger partial charge in [0.2, 0.25) is 11.8 Å². The summed E-state index contributed by atoms with van der Waals surface area (Å²) < 4.78 is 0. The van der Waals surface area contributed by atoms with Crippen LogP contribution in [-0.2, 0) is 9.59 Å². The average Bonchev–Trinajstić information content (AvgIpc) is 3.31. The van der Waals surface area contributed by atoms with Gasteiger partial charge in [-0.15, -0.1) is 0 Å². The molecule has 0 aromatic carbocycles. The van der Waals surface area contributed by atoms with E-state index in [9.17, 15) is 9.59 Å². The molecule has 2 atom stereocenters. The second kappa shape index (κ2) is 7.20. The van der Waals surface area contributed by atoms with E-state index in [1.165, 1.54) is 6.42 Å². The standard InChI is InChI=1S/C18H31N3O2/c1-13-4-3-5-14(2)21(13)17(22)12-20-10-8-15(9-11-20)18(23)19-16-6-7-16/h13-16H,3-12H2,1-2H3,(H,19,23)/t13-,14-/m1/s1. The second-order valence-electron chi connectivity index (χ2n) is 7.76. The molecule has 5 heteroatoms. The molecule has 0 aromatic rings. The third kappa shape index (κ3) is 4.25. The maximum absolute atomic E-state index is 12.7. The van der Waals surface area contributed by atoms with Gasteiger partial charge in [-0.1, -0.05) is 0 Å². The average molecular weight is 321 g/mol. The lowest BCUT2D eigenvalue weighted by atomic mass is 9.95. The fourth-order valence-corrected chi connectivity index (χ4v) is 4.09. The predicted molar refractivity (Wildman–Crippen MR) is 89.9 cm³/mol. The molecule has 0 unspecified atom stereocenters. The number of nitrogens with one attached hydrogen (secondary N) is 1. The van der Waals surface area contributed by atoms with Gasteiger partial charge in [0, 0.05) is 24.0 Å². The van der Waals surface area contributed by atoms with Gasteiger partial charge in [0.15, 0.2) is 0 Å². The number of carbonyl (C=O) groups excluding carboxylic acids is 2. The van der Waals surface area contributed by atoms with Crippen molar-refractivity contribution >= 4 is 11.8 Å². The van der Waals surface area contributed by atoms with E-state index in [0.717, 1.165) is 51.6 Å². The van der Waals surface area contributed by atoms with E-state index < -0.39 is 0 Å². The Kier molecular flexibility index (Phi) is 5.24. The van der Waals surface area contributed by atoms with Gasteiger partial charge in [0.05, 0.1) is 6.54 Å². The van der Waals surface area contributed by atoms with Crippen molar-refractivity contribution in [3.63, 3.8) is 0 Å². The first kappa shape index (κ1) is 16.7. The van der Waals surface area contributed by atoms with Crippen LogP contribution in [0.4, 0.5) is 0 Å². The van der Waals surface area contributed by atoms with Gasteiger partial charge in [-0.2, -0.15) is 0 Å². The Labute approximate surface area is 139 Å². The maximum Gasteiger partial charge on any atom is 0.237 e. The van der Waals surface area contributed by atoms with E-state index in [1.54, 1.807) is 0 Å².